The molecule has 1 N–H and O–H groups in total. The summed E-state index contributed by atoms with van der Waals surface area (Å²) < 4.78 is 32.7. The zero-order valence-electron chi connectivity index (χ0n) is 11.7. The number of benzene rings is 1. The van der Waals surface area contributed by atoms with Crippen LogP contribution in [0, 0.1) is 0 Å². The predicted molar refractivity (Wildman–Crippen MR) is 75.2 cm³/mol. The number of ether oxygens (including phenoxy) is 1. The Morgan fingerprint density at radius 3 is 2.25 bits per heavy atom. The summed E-state index contributed by atoms with van der Waals surface area (Å²) in [6.07, 6.45) is 1.30. The fourth-order valence-corrected chi connectivity index (χ4v) is 3.64. The van der Waals surface area contributed by atoms with Gasteiger partial charge in [0.2, 0.25) is 10.0 Å². The summed E-state index contributed by atoms with van der Waals surface area (Å²) in [7, 11) is -3.58. The molecule has 110 valence electrons. The standard InChI is InChI=1S/C14H19NO4S/c1-11(16)12-3-5-13(6-4-12)20(17,18)15-14(2)7-9-19-10-8-14/h3-6,15H,7-10H2,1-2H3. The molecular formula is C14H19NO4S. The Morgan fingerprint density at radius 2 is 1.75 bits per heavy atom. The van der Waals surface area contributed by atoms with Gasteiger partial charge in [-0.25, -0.2) is 13.1 Å². The minimum Gasteiger partial charge on any atom is -0.381 e. The highest BCUT2D eigenvalue weighted by Crippen LogP contribution is 2.23. The second kappa shape index (κ2) is 5.63. The van der Waals surface area contributed by atoms with E-state index in [0.29, 0.717) is 31.6 Å². The van der Waals surface area contributed by atoms with Gasteiger partial charge in [-0.1, -0.05) is 12.1 Å². The van der Waals surface area contributed by atoms with Crippen LogP contribution in [0.1, 0.15) is 37.0 Å². The number of sulfonamides is 1. The first-order valence-electron chi connectivity index (χ1n) is 6.55. The molecule has 1 aromatic carbocycles. The van der Waals surface area contributed by atoms with Crippen LogP contribution in [0.2, 0.25) is 0 Å². The molecule has 20 heavy (non-hydrogen) atoms. The van der Waals surface area contributed by atoms with E-state index in [-0.39, 0.29) is 10.7 Å². The largest absolute Gasteiger partial charge is 0.381 e. The Hall–Kier alpha value is -1.24. The van der Waals surface area contributed by atoms with Crippen LogP contribution in [0.5, 0.6) is 0 Å². The van der Waals surface area contributed by atoms with Crippen LogP contribution in [-0.4, -0.2) is 33.0 Å². The highest BCUT2D eigenvalue weighted by atomic mass is 32.2. The lowest BCUT2D eigenvalue weighted by Crippen LogP contribution is -2.49. The monoisotopic (exact) mass is 297 g/mol. The van der Waals surface area contributed by atoms with Crippen LogP contribution in [0.4, 0.5) is 0 Å². The molecule has 0 spiro atoms. The number of Topliss-reactive ketones (excluding diaryl/α,β-unsaturated/α-hetero) is 1. The first-order valence-corrected chi connectivity index (χ1v) is 8.03. The lowest BCUT2D eigenvalue weighted by molar-refractivity contribution is 0.0537. The first-order chi connectivity index (χ1) is 9.32. The highest BCUT2D eigenvalue weighted by molar-refractivity contribution is 7.89. The van der Waals surface area contributed by atoms with Crippen LogP contribution in [-0.2, 0) is 14.8 Å². The van der Waals surface area contributed by atoms with Crippen LogP contribution in [0.25, 0.3) is 0 Å². The van der Waals surface area contributed by atoms with Gasteiger partial charge in [-0.05, 0) is 38.8 Å². The second-order valence-corrected chi connectivity index (χ2v) is 7.04. The second-order valence-electron chi connectivity index (χ2n) is 5.36. The number of nitrogens with one attached hydrogen (secondary N) is 1. The van der Waals surface area contributed by atoms with Crippen LogP contribution < -0.4 is 4.72 Å². The molecule has 0 bridgehead atoms. The summed E-state index contributed by atoms with van der Waals surface area (Å²) in [5, 5.41) is 0. The van der Waals surface area contributed by atoms with Gasteiger partial charge in [0, 0.05) is 24.3 Å². The minimum atomic E-state index is -3.58. The van der Waals surface area contributed by atoms with Crippen LogP contribution in [0.15, 0.2) is 29.2 Å². The van der Waals surface area contributed by atoms with E-state index in [1.165, 1.54) is 31.2 Å². The lowest BCUT2D eigenvalue weighted by Gasteiger charge is -2.34. The molecule has 0 amide bonds. The molecule has 6 heteroatoms. The van der Waals surface area contributed by atoms with Crippen molar-refractivity contribution in [2.75, 3.05) is 13.2 Å². The molecule has 0 saturated carbocycles. The quantitative estimate of drug-likeness (QED) is 0.859. The van der Waals surface area contributed by atoms with E-state index in [1.807, 2.05) is 6.92 Å². The van der Waals surface area contributed by atoms with Gasteiger partial charge < -0.3 is 4.74 Å². The van der Waals surface area contributed by atoms with Crippen molar-refractivity contribution in [1.82, 2.24) is 4.72 Å². The van der Waals surface area contributed by atoms with Gasteiger partial charge in [-0.2, -0.15) is 0 Å². The number of carbonyl (C=O) groups excluding carboxylic acids is 1. The zero-order valence-corrected chi connectivity index (χ0v) is 12.5. The molecule has 0 atom stereocenters. The minimum absolute atomic E-state index is 0.0849. The summed E-state index contributed by atoms with van der Waals surface area (Å²) >= 11 is 0. The number of carbonyl (C=O) groups is 1. The molecule has 1 saturated heterocycles. The smallest absolute Gasteiger partial charge is 0.241 e. The van der Waals surface area contributed by atoms with Gasteiger partial charge in [-0.15, -0.1) is 0 Å². The van der Waals surface area contributed by atoms with Crippen molar-refractivity contribution in [1.29, 1.82) is 0 Å². The molecule has 0 unspecified atom stereocenters. The van der Waals surface area contributed by atoms with Crippen molar-refractivity contribution in [3.63, 3.8) is 0 Å². The van der Waals surface area contributed by atoms with E-state index in [2.05, 4.69) is 4.72 Å². The van der Waals surface area contributed by atoms with Crippen LogP contribution >= 0.6 is 0 Å². The molecular weight excluding hydrogens is 278 g/mol. The Labute approximate surface area is 119 Å². The maximum absolute atomic E-state index is 12.3. The van der Waals surface area contributed by atoms with E-state index in [4.69, 9.17) is 4.74 Å². The van der Waals surface area contributed by atoms with Crippen molar-refractivity contribution in [2.24, 2.45) is 0 Å². The molecule has 1 fully saturated rings. The summed E-state index contributed by atoms with van der Waals surface area (Å²) in [6.45, 7) is 4.45. The van der Waals surface area contributed by atoms with E-state index >= 15 is 0 Å². The van der Waals surface area contributed by atoms with Crippen LogP contribution in [0.3, 0.4) is 0 Å². The molecule has 0 aromatic heterocycles. The maximum atomic E-state index is 12.3. The van der Waals surface area contributed by atoms with E-state index in [1.54, 1.807) is 0 Å². The maximum Gasteiger partial charge on any atom is 0.241 e. The molecule has 1 heterocycles. The third-order valence-corrected chi connectivity index (χ3v) is 5.20. The van der Waals surface area contributed by atoms with Gasteiger partial charge in [0.05, 0.1) is 4.90 Å². The van der Waals surface area contributed by atoms with E-state index in [9.17, 15) is 13.2 Å². The van der Waals surface area contributed by atoms with Gasteiger partial charge in [0.25, 0.3) is 0 Å². The molecule has 1 aromatic rings. The SMILES string of the molecule is CC(=O)c1ccc(S(=O)(=O)NC2(C)CCOCC2)cc1. The highest BCUT2D eigenvalue weighted by Gasteiger charge is 2.32. The van der Waals surface area contributed by atoms with Crippen molar-refractivity contribution in [3.05, 3.63) is 29.8 Å². The average molecular weight is 297 g/mol. The zero-order chi connectivity index (χ0) is 14.8. The summed E-state index contributed by atoms with van der Waals surface area (Å²) in [6, 6.07) is 5.98. The molecule has 1 aliphatic rings. The topological polar surface area (TPSA) is 72.5 Å². The van der Waals surface area contributed by atoms with E-state index < -0.39 is 15.6 Å². The number of rotatable bonds is 4. The number of hydrogen-bond donors (Lipinski definition) is 1. The fraction of sp³-hybridized carbons (Fsp3) is 0.500. The third kappa shape index (κ3) is 3.45. The van der Waals surface area contributed by atoms with Gasteiger partial charge in [0.15, 0.2) is 5.78 Å². The third-order valence-electron chi connectivity index (χ3n) is 3.55. The number of ketones is 1. The van der Waals surface area contributed by atoms with Crippen molar-refractivity contribution < 1.29 is 17.9 Å². The van der Waals surface area contributed by atoms with Gasteiger partial charge in [0.1, 0.15) is 0 Å². The Bertz CT molecular complexity index is 586. The molecule has 2 rings (SSSR count). The summed E-state index contributed by atoms with van der Waals surface area (Å²) in [5.74, 6) is -0.0849. The van der Waals surface area contributed by atoms with Crippen molar-refractivity contribution >= 4 is 15.8 Å². The van der Waals surface area contributed by atoms with Gasteiger partial charge in [-0.3, -0.25) is 4.79 Å². The lowest BCUT2D eigenvalue weighted by atomic mass is 9.94. The first kappa shape index (κ1) is 15.2. The molecule has 1 aliphatic heterocycles. The number of hydrogen-bond acceptors (Lipinski definition) is 4. The Morgan fingerprint density at radius 1 is 1.20 bits per heavy atom. The fourth-order valence-electron chi connectivity index (χ4n) is 2.18. The summed E-state index contributed by atoms with van der Waals surface area (Å²) in [4.78, 5) is 11.4. The predicted octanol–water partition coefficient (Wildman–Crippen LogP) is 1.74. The summed E-state index contributed by atoms with van der Waals surface area (Å²) in [5.41, 5.74) is 0.0253. The molecule has 5 nitrogen and oxygen atoms in total. The molecule has 0 aliphatic carbocycles. The Balaban J connectivity index is 2.19. The van der Waals surface area contributed by atoms with E-state index in [0.717, 1.165) is 0 Å². The van der Waals surface area contributed by atoms with Crippen molar-refractivity contribution in [3.8, 4) is 0 Å². The van der Waals surface area contributed by atoms with Gasteiger partial charge >= 0.3 is 0 Å². The molecule has 0 radical (unpaired) electrons. The normalized spacial score (nSPS) is 18.7. The van der Waals surface area contributed by atoms with Crippen molar-refractivity contribution in [2.45, 2.75) is 37.1 Å². The average Bonchev–Trinajstić information content (AvgIpc) is 2.38. The Kier molecular flexibility index (Phi) is 4.27.